The van der Waals surface area contributed by atoms with Crippen LogP contribution in [0.1, 0.15) is 19.4 Å². The highest BCUT2D eigenvalue weighted by Gasteiger charge is 2.00. The number of hydrogen-bond donors (Lipinski definition) is 0. The lowest BCUT2D eigenvalue weighted by Gasteiger charge is -1.96. The predicted molar refractivity (Wildman–Crippen MR) is 57.3 cm³/mol. The molecule has 0 radical (unpaired) electrons. The van der Waals surface area contributed by atoms with Gasteiger partial charge in [0.05, 0.1) is 5.25 Å². The van der Waals surface area contributed by atoms with Gasteiger partial charge in [0.15, 0.2) is 0 Å². The molecule has 0 bridgehead atoms. The molecule has 13 heavy (non-hydrogen) atoms. The van der Waals surface area contributed by atoms with E-state index in [0.29, 0.717) is 0 Å². The highest BCUT2D eigenvalue weighted by atomic mass is 32.2. The van der Waals surface area contributed by atoms with Crippen molar-refractivity contribution in [3.8, 4) is 0 Å². The second-order valence-corrected chi connectivity index (χ2v) is 4.68. The van der Waals surface area contributed by atoms with Crippen LogP contribution in [0.2, 0.25) is 0 Å². The summed E-state index contributed by atoms with van der Waals surface area (Å²) in [7, 11) is -1.10. The van der Waals surface area contributed by atoms with Gasteiger partial charge in [0.2, 0.25) is 0 Å². The molecule has 1 atom stereocenters. The van der Waals surface area contributed by atoms with Crippen molar-refractivity contribution in [1.29, 1.82) is 0 Å². The molecular formula is C10H13NOS. The van der Waals surface area contributed by atoms with Gasteiger partial charge in [0, 0.05) is 6.21 Å². The minimum Gasteiger partial charge on any atom is -0.235 e. The number of rotatable bonds is 3. The Balaban J connectivity index is 2.64. The first-order valence-electron chi connectivity index (χ1n) is 4.20. The van der Waals surface area contributed by atoms with Crippen LogP contribution in [0.5, 0.6) is 0 Å². The van der Waals surface area contributed by atoms with Gasteiger partial charge in [-0.1, -0.05) is 30.3 Å². The molecule has 1 unspecified atom stereocenters. The van der Waals surface area contributed by atoms with E-state index in [1.54, 1.807) is 6.21 Å². The third-order valence-corrected chi connectivity index (χ3v) is 2.63. The Morgan fingerprint density at radius 1 is 1.31 bits per heavy atom. The summed E-state index contributed by atoms with van der Waals surface area (Å²) < 4.78 is 15.2. The summed E-state index contributed by atoms with van der Waals surface area (Å²) in [6.45, 7) is 3.77. The van der Waals surface area contributed by atoms with Gasteiger partial charge in [-0.15, -0.1) is 0 Å². The number of benzene rings is 1. The number of hydrogen-bond acceptors (Lipinski definition) is 1. The highest BCUT2D eigenvalue weighted by molar-refractivity contribution is 7.84. The molecule has 1 aromatic rings. The monoisotopic (exact) mass is 195 g/mol. The molecular weight excluding hydrogens is 182 g/mol. The molecule has 0 aliphatic rings. The smallest absolute Gasteiger partial charge is 0.141 e. The minimum absolute atomic E-state index is 0.0833. The van der Waals surface area contributed by atoms with Gasteiger partial charge < -0.3 is 0 Å². The van der Waals surface area contributed by atoms with E-state index >= 15 is 0 Å². The van der Waals surface area contributed by atoms with Crippen LogP contribution in [-0.4, -0.2) is 15.7 Å². The molecule has 0 aromatic heterocycles. The summed E-state index contributed by atoms with van der Waals surface area (Å²) in [4.78, 5) is 0. The topological polar surface area (TPSA) is 29.4 Å². The standard InChI is InChI=1S/C10H13NOS/c1-9(2)13(12)11-8-10-6-4-3-5-7-10/h3-9H,1-2H3/b11-8+. The third kappa shape index (κ3) is 3.51. The zero-order valence-corrected chi connectivity index (χ0v) is 8.62. The van der Waals surface area contributed by atoms with E-state index in [1.807, 2.05) is 44.2 Å². The fraction of sp³-hybridized carbons (Fsp3) is 0.300. The molecule has 2 nitrogen and oxygen atoms in total. The lowest BCUT2D eigenvalue weighted by molar-refractivity contribution is 0.678. The zero-order valence-electron chi connectivity index (χ0n) is 7.81. The van der Waals surface area contributed by atoms with Crippen LogP contribution in [0.3, 0.4) is 0 Å². The Kier molecular flexibility index (Phi) is 3.83. The maximum Gasteiger partial charge on any atom is 0.141 e. The van der Waals surface area contributed by atoms with Gasteiger partial charge >= 0.3 is 0 Å². The first-order valence-corrected chi connectivity index (χ1v) is 5.37. The summed E-state index contributed by atoms with van der Waals surface area (Å²) in [6, 6.07) is 9.66. The first-order chi connectivity index (χ1) is 6.20. The Morgan fingerprint density at radius 2 is 1.92 bits per heavy atom. The largest absolute Gasteiger partial charge is 0.235 e. The van der Waals surface area contributed by atoms with Gasteiger partial charge in [0.25, 0.3) is 0 Å². The van der Waals surface area contributed by atoms with Crippen molar-refractivity contribution < 1.29 is 4.21 Å². The quantitative estimate of drug-likeness (QED) is 0.680. The van der Waals surface area contributed by atoms with Crippen LogP contribution in [0.4, 0.5) is 0 Å². The molecule has 0 amide bonds. The average molecular weight is 195 g/mol. The summed E-state index contributed by atoms with van der Waals surface area (Å²) in [5, 5.41) is 0.0833. The molecule has 0 heterocycles. The van der Waals surface area contributed by atoms with Gasteiger partial charge in [-0.3, -0.25) is 0 Å². The Morgan fingerprint density at radius 3 is 2.46 bits per heavy atom. The predicted octanol–water partition coefficient (Wildman–Crippen LogP) is 2.18. The third-order valence-electron chi connectivity index (χ3n) is 1.51. The van der Waals surface area contributed by atoms with Crippen molar-refractivity contribution >= 4 is 17.2 Å². The van der Waals surface area contributed by atoms with Crippen molar-refractivity contribution in [3.63, 3.8) is 0 Å². The molecule has 0 aliphatic carbocycles. The summed E-state index contributed by atoms with van der Waals surface area (Å²) in [5.74, 6) is 0. The van der Waals surface area contributed by atoms with Crippen molar-refractivity contribution in [2.45, 2.75) is 19.1 Å². The van der Waals surface area contributed by atoms with E-state index in [4.69, 9.17) is 0 Å². The van der Waals surface area contributed by atoms with Crippen LogP contribution in [0, 0.1) is 0 Å². The van der Waals surface area contributed by atoms with Crippen LogP contribution < -0.4 is 0 Å². The summed E-state index contributed by atoms with van der Waals surface area (Å²) in [5.41, 5.74) is 0.983. The Labute approximate surface area is 81.3 Å². The van der Waals surface area contributed by atoms with Crippen molar-refractivity contribution in [1.82, 2.24) is 0 Å². The molecule has 1 rings (SSSR count). The van der Waals surface area contributed by atoms with E-state index in [0.717, 1.165) is 5.56 Å². The first kappa shape index (κ1) is 10.1. The van der Waals surface area contributed by atoms with E-state index < -0.39 is 11.0 Å². The van der Waals surface area contributed by atoms with Gasteiger partial charge in [-0.2, -0.15) is 4.40 Å². The van der Waals surface area contributed by atoms with Gasteiger partial charge in [-0.05, 0) is 19.4 Å². The van der Waals surface area contributed by atoms with E-state index in [1.165, 1.54) is 0 Å². The Bertz CT molecular complexity index is 306. The maximum absolute atomic E-state index is 11.2. The second-order valence-electron chi connectivity index (χ2n) is 2.97. The second kappa shape index (κ2) is 4.92. The van der Waals surface area contributed by atoms with Crippen molar-refractivity contribution in [3.05, 3.63) is 35.9 Å². The molecule has 0 saturated carbocycles. The van der Waals surface area contributed by atoms with Gasteiger partial charge in [0.1, 0.15) is 11.0 Å². The van der Waals surface area contributed by atoms with E-state index in [2.05, 4.69) is 4.40 Å². The number of nitrogens with zero attached hydrogens (tertiary/aromatic N) is 1. The maximum atomic E-state index is 11.2. The molecule has 3 heteroatoms. The normalized spacial score (nSPS) is 13.8. The van der Waals surface area contributed by atoms with Crippen LogP contribution >= 0.6 is 0 Å². The van der Waals surface area contributed by atoms with E-state index in [9.17, 15) is 4.21 Å². The van der Waals surface area contributed by atoms with E-state index in [-0.39, 0.29) is 5.25 Å². The lowest BCUT2D eigenvalue weighted by Crippen LogP contribution is -2.01. The molecule has 0 fully saturated rings. The van der Waals surface area contributed by atoms with Crippen molar-refractivity contribution in [2.75, 3.05) is 0 Å². The summed E-state index contributed by atoms with van der Waals surface area (Å²) in [6.07, 6.45) is 1.65. The molecule has 1 aromatic carbocycles. The SMILES string of the molecule is CC(C)S(=O)/N=C/c1ccccc1. The lowest BCUT2D eigenvalue weighted by atomic mass is 10.2. The molecule has 0 N–H and O–H groups in total. The van der Waals surface area contributed by atoms with Crippen molar-refractivity contribution in [2.24, 2.45) is 4.40 Å². The van der Waals surface area contributed by atoms with Crippen LogP contribution in [-0.2, 0) is 11.0 Å². The molecule has 0 aliphatic heterocycles. The molecule has 0 spiro atoms. The average Bonchev–Trinajstić information content (AvgIpc) is 2.15. The van der Waals surface area contributed by atoms with Gasteiger partial charge in [-0.25, -0.2) is 4.21 Å². The molecule has 70 valence electrons. The highest BCUT2D eigenvalue weighted by Crippen LogP contribution is 1.98. The van der Waals surface area contributed by atoms with Crippen LogP contribution in [0.15, 0.2) is 34.7 Å². The van der Waals surface area contributed by atoms with Crippen LogP contribution in [0.25, 0.3) is 0 Å². The summed E-state index contributed by atoms with van der Waals surface area (Å²) >= 11 is 0. The fourth-order valence-electron chi connectivity index (χ4n) is 0.774. The zero-order chi connectivity index (χ0) is 9.68. The Hall–Kier alpha value is -0.960. The molecule has 0 saturated heterocycles. The minimum atomic E-state index is -1.10. The fourth-order valence-corrected chi connectivity index (χ4v) is 1.24.